The fourth-order valence-electron chi connectivity index (χ4n) is 1.01. The summed E-state index contributed by atoms with van der Waals surface area (Å²) in [6, 6.07) is 3.79. The molecule has 84 valence electrons. The van der Waals surface area contributed by atoms with Gasteiger partial charge < -0.3 is 15.8 Å². The van der Waals surface area contributed by atoms with Crippen molar-refractivity contribution >= 4 is 36.1 Å². The molecule has 0 aliphatic heterocycles. The standard InChI is InChI=1S/C8H9BFN3O2S/c10-7-2-1-5(3-6(7)9(14)15)4-12-13-8(11)16/h1-4,14-15H,(H3,11,13,16). The zero-order chi connectivity index (χ0) is 12.1. The Bertz CT molecular complexity index is 428. The third-order valence-electron chi connectivity index (χ3n) is 1.69. The SMILES string of the molecule is NC(=S)NN=Cc1ccc(F)c(B(O)O)c1. The average Bonchev–Trinajstić information content (AvgIpc) is 2.19. The monoisotopic (exact) mass is 241 g/mol. The molecule has 0 heterocycles. The molecule has 0 saturated carbocycles. The van der Waals surface area contributed by atoms with Gasteiger partial charge in [-0.1, -0.05) is 12.1 Å². The van der Waals surface area contributed by atoms with Crippen molar-refractivity contribution in [2.75, 3.05) is 0 Å². The first-order valence-electron chi connectivity index (χ1n) is 4.25. The number of nitrogens with one attached hydrogen (secondary N) is 1. The van der Waals surface area contributed by atoms with E-state index in [-0.39, 0.29) is 10.6 Å². The number of hydrazone groups is 1. The minimum atomic E-state index is -1.86. The third-order valence-corrected chi connectivity index (χ3v) is 1.78. The second-order valence-electron chi connectivity index (χ2n) is 2.89. The predicted octanol–water partition coefficient (Wildman–Crippen LogP) is -1.33. The van der Waals surface area contributed by atoms with Gasteiger partial charge >= 0.3 is 7.12 Å². The highest BCUT2D eigenvalue weighted by Gasteiger charge is 2.16. The van der Waals surface area contributed by atoms with E-state index >= 15 is 0 Å². The Morgan fingerprint density at radius 1 is 1.56 bits per heavy atom. The number of halogens is 1. The predicted molar refractivity (Wildman–Crippen MR) is 63.7 cm³/mol. The summed E-state index contributed by atoms with van der Waals surface area (Å²) in [6.45, 7) is 0. The van der Waals surface area contributed by atoms with Gasteiger partial charge in [0.1, 0.15) is 5.82 Å². The molecule has 8 heteroatoms. The van der Waals surface area contributed by atoms with Crippen LogP contribution < -0.4 is 16.6 Å². The molecular formula is C8H9BFN3O2S. The molecule has 0 aliphatic rings. The van der Waals surface area contributed by atoms with Crippen molar-refractivity contribution in [1.82, 2.24) is 5.43 Å². The van der Waals surface area contributed by atoms with E-state index in [1.54, 1.807) is 0 Å². The molecule has 0 saturated heterocycles. The third kappa shape index (κ3) is 3.57. The van der Waals surface area contributed by atoms with Crippen LogP contribution in [0.2, 0.25) is 0 Å². The Hall–Kier alpha value is -1.51. The molecule has 0 bridgehead atoms. The van der Waals surface area contributed by atoms with Crippen LogP contribution in [0, 0.1) is 5.82 Å². The zero-order valence-electron chi connectivity index (χ0n) is 8.09. The highest BCUT2D eigenvalue weighted by Crippen LogP contribution is 1.99. The molecule has 0 fully saturated rings. The van der Waals surface area contributed by atoms with Crippen LogP contribution in [0.25, 0.3) is 0 Å². The van der Waals surface area contributed by atoms with E-state index in [1.165, 1.54) is 18.3 Å². The average molecular weight is 241 g/mol. The quantitative estimate of drug-likeness (QED) is 0.228. The van der Waals surface area contributed by atoms with Crippen molar-refractivity contribution in [2.45, 2.75) is 0 Å². The largest absolute Gasteiger partial charge is 0.491 e. The Labute approximate surface area is 96.9 Å². The maximum absolute atomic E-state index is 13.0. The molecule has 1 rings (SSSR count). The van der Waals surface area contributed by atoms with E-state index < -0.39 is 12.9 Å². The topological polar surface area (TPSA) is 90.9 Å². The van der Waals surface area contributed by atoms with E-state index in [0.29, 0.717) is 5.56 Å². The zero-order valence-corrected chi connectivity index (χ0v) is 8.91. The van der Waals surface area contributed by atoms with Crippen LogP contribution in [0.3, 0.4) is 0 Å². The molecule has 0 unspecified atom stereocenters. The van der Waals surface area contributed by atoms with Gasteiger partial charge in [-0.25, -0.2) is 4.39 Å². The van der Waals surface area contributed by atoms with E-state index in [1.807, 2.05) is 0 Å². The number of nitrogens with two attached hydrogens (primary N) is 1. The molecule has 0 amide bonds. The molecule has 5 N–H and O–H groups in total. The minimum Gasteiger partial charge on any atom is -0.423 e. The summed E-state index contributed by atoms with van der Waals surface area (Å²) < 4.78 is 13.0. The molecule has 0 spiro atoms. The van der Waals surface area contributed by atoms with Gasteiger partial charge in [-0.05, 0) is 23.8 Å². The minimum absolute atomic E-state index is 0.000720. The summed E-state index contributed by atoms with van der Waals surface area (Å²) in [4.78, 5) is 0. The summed E-state index contributed by atoms with van der Waals surface area (Å²) in [5, 5.41) is 21.4. The van der Waals surface area contributed by atoms with Gasteiger partial charge in [0.2, 0.25) is 0 Å². The lowest BCUT2D eigenvalue weighted by atomic mass is 9.79. The van der Waals surface area contributed by atoms with Gasteiger partial charge in [-0.3, -0.25) is 5.43 Å². The lowest BCUT2D eigenvalue weighted by Crippen LogP contribution is -2.33. The first-order valence-corrected chi connectivity index (χ1v) is 4.65. The number of benzene rings is 1. The van der Waals surface area contributed by atoms with Gasteiger partial charge in [0.15, 0.2) is 5.11 Å². The second kappa shape index (κ2) is 5.54. The van der Waals surface area contributed by atoms with Crippen molar-refractivity contribution in [3.8, 4) is 0 Å². The first-order chi connectivity index (χ1) is 7.50. The fraction of sp³-hybridized carbons (Fsp3) is 0. The van der Waals surface area contributed by atoms with Crippen molar-refractivity contribution in [2.24, 2.45) is 10.8 Å². The van der Waals surface area contributed by atoms with Crippen LogP contribution in [-0.4, -0.2) is 28.5 Å². The fourth-order valence-corrected chi connectivity index (χ4v) is 1.06. The Morgan fingerprint density at radius 2 is 2.25 bits per heavy atom. The Kier molecular flexibility index (Phi) is 4.35. The van der Waals surface area contributed by atoms with Gasteiger partial charge in [-0.2, -0.15) is 5.10 Å². The highest BCUT2D eigenvalue weighted by molar-refractivity contribution is 7.80. The second-order valence-corrected chi connectivity index (χ2v) is 3.33. The lowest BCUT2D eigenvalue weighted by molar-refractivity contribution is 0.423. The van der Waals surface area contributed by atoms with Crippen molar-refractivity contribution < 1.29 is 14.4 Å². The van der Waals surface area contributed by atoms with Crippen LogP contribution in [-0.2, 0) is 0 Å². The Morgan fingerprint density at radius 3 is 2.81 bits per heavy atom. The van der Waals surface area contributed by atoms with Crippen LogP contribution in [0.15, 0.2) is 23.3 Å². The van der Waals surface area contributed by atoms with Crippen molar-refractivity contribution in [1.29, 1.82) is 0 Å². The van der Waals surface area contributed by atoms with Gasteiger partial charge in [-0.15, -0.1) is 0 Å². The number of nitrogens with zero attached hydrogens (tertiary/aromatic N) is 1. The van der Waals surface area contributed by atoms with Gasteiger partial charge in [0, 0.05) is 5.46 Å². The molecule has 1 aromatic rings. The normalized spacial score (nSPS) is 10.4. The number of hydrogen-bond donors (Lipinski definition) is 4. The Balaban J connectivity index is 2.86. The van der Waals surface area contributed by atoms with E-state index in [9.17, 15) is 4.39 Å². The van der Waals surface area contributed by atoms with Crippen molar-refractivity contribution in [3.05, 3.63) is 29.6 Å². The molecular weight excluding hydrogens is 232 g/mol. The molecule has 0 atom stereocenters. The lowest BCUT2D eigenvalue weighted by Gasteiger charge is -2.02. The van der Waals surface area contributed by atoms with E-state index in [2.05, 4.69) is 22.7 Å². The van der Waals surface area contributed by atoms with E-state index in [0.717, 1.165) is 6.07 Å². The maximum atomic E-state index is 13.0. The smallest absolute Gasteiger partial charge is 0.423 e. The van der Waals surface area contributed by atoms with Crippen LogP contribution >= 0.6 is 12.2 Å². The van der Waals surface area contributed by atoms with Crippen LogP contribution in [0.1, 0.15) is 5.56 Å². The van der Waals surface area contributed by atoms with Crippen LogP contribution in [0.4, 0.5) is 4.39 Å². The summed E-state index contributed by atoms with van der Waals surface area (Å²) in [6.07, 6.45) is 1.32. The molecule has 16 heavy (non-hydrogen) atoms. The summed E-state index contributed by atoms with van der Waals surface area (Å²) in [5.41, 5.74) is 7.70. The van der Waals surface area contributed by atoms with Gasteiger partial charge in [0.05, 0.1) is 6.21 Å². The van der Waals surface area contributed by atoms with Gasteiger partial charge in [0.25, 0.3) is 0 Å². The molecule has 1 aromatic carbocycles. The number of rotatable bonds is 3. The number of thiocarbonyl (C=S) groups is 1. The van der Waals surface area contributed by atoms with E-state index in [4.69, 9.17) is 15.8 Å². The summed E-state index contributed by atoms with van der Waals surface area (Å²) in [5.74, 6) is -0.700. The summed E-state index contributed by atoms with van der Waals surface area (Å²) in [7, 11) is -1.86. The molecule has 5 nitrogen and oxygen atoms in total. The van der Waals surface area contributed by atoms with Crippen molar-refractivity contribution in [3.63, 3.8) is 0 Å². The first kappa shape index (κ1) is 12.6. The van der Waals surface area contributed by atoms with Crippen LogP contribution in [0.5, 0.6) is 0 Å². The maximum Gasteiger partial charge on any atom is 0.491 e. The number of hydrogen-bond acceptors (Lipinski definition) is 4. The summed E-state index contributed by atoms with van der Waals surface area (Å²) >= 11 is 4.51. The molecule has 0 aromatic heterocycles. The highest BCUT2D eigenvalue weighted by atomic mass is 32.1. The molecule has 0 aliphatic carbocycles. The molecule has 0 radical (unpaired) electrons.